The van der Waals surface area contributed by atoms with Gasteiger partial charge in [-0.25, -0.2) is 0 Å². The maximum Gasteiger partial charge on any atom is 0.219 e. The molecule has 0 saturated heterocycles. The summed E-state index contributed by atoms with van der Waals surface area (Å²) in [4.78, 5) is 13.8. The third-order valence-electron chi connectivity index (χ3n) is 4.94. The molecule has 0 aliphatic heterocycles. The van der Waals surface area contributed by atoms with Gasteiger partial charge in [-0.3, -0.25) is 4.79 Å². The molecule has 4 heteroatoms. The Morgan fingerprint density at radius 3 is 1.81 bits per heavy atom. The molecule has 0 fully saturated rings. The fourth-order valence-electron chi connectivity index (χ4n) is 3.17. The van der Waals surface area contributed by atoms with Crippen molar-refractivity contribution in [3.63, 3.8) is 0 Å². The third kappa shape index (κ3) is 23.4. The number of nitrogens with zero attached hydrogens (tertiary/aromatic N) is 1. The SMILES string of the molecule is CCCCCCCCCCCCCOCCCCC(=O)NCCCN(C)C. The van der Waals surface area contributed by atoms with E-state index in [2.05, 4.69) is 31.2 Å². The average Bonchev–Trinajstić information content (AvgIpc) is 2.64. The van der Waals surface area contributed by atoms with Crippen molar-refractivity contribution in [1.29, 1.82) is 0 Å². The molecular formula is C23H48N2O2. The highest BCUT2D eigenvalue weighted by molar-refractivity contribution is 5.75. The number of hydrogen-bond acceptors (Lipinski definition) is 3. The lowest BCUT2D eigenvalue weighted by atomic mass is 10.1. The molecule has 0 bridgehead atoms. The van der Waals surface area contributed by atoms with Crippen LogP contribution in [0.4, 0.5) is 0 Å². The van der Waals surface area contributed by atoms with Crippen LogP contribution in [0.3, 0.4) is 0 Å². The summed E-state index contributed by atoms with van der Waals surface area (Å²) in [5, 5.41) is 2.98. The highest BCUT2D eigenvalue weighted by Crippen LogP contribution is 2.11. The van der Waals surface area contributed by atoms with Crippen LogP contribution in [0.5, 0.6) is 0 Å². The number of unbranched alkanes of at least 4 members (excludes halogenated alkanes) is 11. The van der Waals surface area contributed by atoms with Gasteiger partial charge in [0.15, 0.2) is 0 Å². The second kappa shape index (κ2) is 21.7. The molecule has 0 aliphatic rings. The van der Waals surface area contributed by atoms with Gasteiger partial charge in [0.25, 0.3) is 0 Å². The minimum Gasteiger partial charge on any atom is -0.381 e. The molecule has 0 aliphatic carbocycles. The lowest BCUT2D eigenvalue weighted by Crippen LogP contribution is -2.26. The molecule has 0 atom stereocenters. The van der Waals surface area contributed by atoms with Gasteiger partial charge in [0.1, 0.15) is 0 Å². The second-order valence-corrected chi connectivity index (χ2v) is 8.11. The molecule has 4 nitrogen and oxygen atoms in total. The van der Waals surface area contributed by atoms with Gasteiger partial charge in [-0.2, -0.15) is 0 Å². The maximum atomic E-state index is 11.7. The Hall–Kier alpha value is -0.610. The first kappa shape index (κ1) is 26.4. The summed E-state index contributed by atoms with van der Waals surface area (Å²) < 4.78 is 5.69. The molecule has 0 aromatic heterocycles. The Bertz CT molecular complexity index is 309. The van der Waals surface area contributed by atoms with E-state index in [-0.39, 0.29) is 5.91 Å². The van der Waals surface area contributed by atoms with Crippen molar-refractivity contribution in [3.05, 3.63) is 0 Å². The zero-order valence-electron chi connectivity index (χ0n) is 18.7. The molecule has 0 spiro atoms. The Morgan fingerprint density at radius 1 is 0.741 bits per heavy atom. The number of ether oxygens (including phenoxy) is 1. The number of hydrogen-bond donors (Lipinski definition) is 1. The largest absolute Gasteiger partial charge is 0.381 e. The highest BCUT2D eigenvalue weighted by Gasteiger charge is 2.01. The summed E-state index contributed by atoms with van der Waals surface area (Å²) in [5.74, 6) is 0.180. The Morgan fingerprint density at radius 2 is 1.26 bits per heavy atom. The van der Waals surface area contributed by atoms with E-state index in [1.54, 1.807) is 0 Å². The predicted molar refractivity (Wildman–Crippen MR) is 117 cm³/mol. The molecule has 1 amide bonds. The van der Waals surface area contributed by atoms with Crippen LogP contribution in [0.1, 0.15) is 103 Å². The van der Waals surface area contributed by atoms with Crippen molar-refractivity contribution in [2.75, 3.05) is 40.4 Å². The molecule has 0 rings (SSSR count). The van der Waals surface area contributed by atoms with Crippen molar-refractivity contribution in [3.8, 4) is 0 Å². The van der Waals surface area contributed by atoms with Crippen LogP contribution in [-0.2, 0) is 9.53 Å². The molecule has 0 aromatic rings. The van der Waals surface area contributed by atoms with Gasteiger partial charge < -0.3 is 15.0 Å². The van der Waals surface area contributed by atoms with E-state index < -0.39 is 0 Å². The van der Waals surface area contributed by atoms with Gasteiger partial charge in [0.2, 0.25) is 5.91 Å². The van der Waals surface area contributed by atoms with Crippen LogP contribution in [-0.4, -0.2) is 51.2 Å². The second-order valence-electron chi connectivity index (χ2n) is 8.11. The van der Waals surface area contributed by atoms with Crippen molar-refractivity contribution in [2.24, 2.45) is 0 Å². The van der Waals surface area contributed by atoms with Gasteiger partial charge >= 0.3 is 0 Å². The van der Waals surface area contributed by atoms with Gasteiger partial charge in [0.05, 0.1) is 0 Å². The summed E-state index contributed by atoms with van der Waals surface area (Å²) >= 11 is 0. The van der Waals surface area contributed by atoms with Crippen molar-refractivity contribution in [1.82, 2.24) is 10.2 Å². The van der Waals surface area contributed by atoms with Crippen LogP contribution in [0.25, 0.3) is 0 Å². The van der Waals surface area contributed by atoms with Gasteiger partial charge in [-0.15, -0.1) is 0 Å². The van der Waals surface area contributed by atoms with Crippen LogP contribution in [0.15, 0.2) is 0 Å². The zero-order valence-corrected chi connectivity index (χ0v) is 18.7. The van der Waals surface area contributed by atoms with Gasteiger partial charge in [-0.05, 0) is 46.3 Å². The lowest BCUT2D eigenvalue weighted by molar-refractivity contribution is -0.121. The molecule has 1 N–H and O–H groups in total. The number of rotatable bonds is 21. The van der Waals surface area contributed by atoms with E-state index >= 15 is 0 Å². The van der Waals surface area contributed by atoms with Crippen LogP contribution >= 0.6 is 0 Å². The normalized spacial score (nSPS) is 11.3. The van der Waals surface area contributed by atoms with Gasteiger partial charge in [0, 0.05) is 26.2 Å². The lowest BCUT2D eigenvalue weighted by Gasteiger charge is -2.09. The van der Waals surface area contributed by atoms with Crippen molar-refractivity contribution >= 4 is 5.91 Å². The molecule has 0 saturated carbocycles. The average molecular weight is 385 g/mol. The predicted octanol–water partition coefficient (Wildman–Crippen LogP) is 5.55. The first-order chi connectivity index (χ1) is 13.2. The Labute approximate surface area is 169 Å². The fourth-order valence-corrected chi connectivity index (χ4v) is 3.17. The molecule has 0 heterocycles. The number of carbonyl (C=O) groups excluding carboxylic acids is 1. The Kier molecular flexibility index (Phi) is 21.2. The molecule has 0 radical (unpaired) electrons. The maximum absolute atomic E-state index is 11.7. The van der Waals surface area contributed by atoms with E-state index in [1.807, 2.05) is 0 Å². The van der Waals surface area contributed by atoms with Crippen LogP contribution in [0.2, 0.25) is 0 Å². The van der Waals surface area contributed by atoms with E-state index in [0.717, 1.165) is 45.6 Å². The first-order valence-corrected chi connectivity index (χ1v) is 11.7. The van der Waals surface area contributed by atoms with E-state index in [9.17, 15) is 4.79 Å². The van der Waals surface area contributed by atoms with E-state index in [0.29, 0.717) is 6.42 Å². The van der Waals surface area contributed by atoms with E-state index in [4.69, 9.17) is 4.74 Å². The fraction of sp³-hybridized carbons (Fsp3) is 0.957. The highest BCUT2D eigenvalue weighted by atomic mass is 16.5. The smallest absolute Gasteiger partial charge is 0.219 e. The van der Waals surface area contributed by atoms with Crippen LogP contribution < -0.4 is 5.32 Å². The molecule has 162 valence electrons. The minimum atomic E-state index is 0.180. The summed E-state index contributed by atoms with van der Waals surface area (Å²) in [7, 11) is 4.11. The Balaban J connectivity index is 3.11. The topological polar surface area (TPSA) is 41.6 Å². The monoisotopic (exact) mass is 384 g/mol. The summed E-state index contributed by atoms with van der Waals surface area (Å²) in [6.45, 7) is 5.76. The van der Waals surface area contributed by atoms with Gasteiger partial charge in [-0.1, -0.05) is 71.1 Å². The summed E-state index contributed by atoms with van der Waals surface area (Å²) in [5.41, 5.74) is 0. The van der Waals surface area contributed by atoms with Crippen molar-refractivity contribution < 1.29 is 9.53 Å². The number of nitrogens with one attached hydrogen (secondary N) is 1. The first-order valence-electron chi connectivity index (χ1n) is 11.7. The quantitative estimate of drug-likeness (QED) is 0.264. The van der Waals surface area contributed by atoms with Crippen LogP contribution in [0, 0.1) is 0 Å². The molecular weight excluding hydrogens is 336 g/mol. The van der Waals surface area contributed by atoms with E-state index in [1.165, 1.54) is 70.6 Å². The summed E-state index contributed by atoms with van der Waals surface area (Å²) in [6, 6.07) is 0. The molecule has 27 heavy (non-hydrogen) atoms. The standard InChI is InChI=1S/C23H48N2O2/c1-4-5-6-7-8-9-10-11-12-13-15-21-27-22-16-14-18-23(26)24-19-17-20-25(2)3/h4-22H2,1-3H3,(H,24,26). The number of carbonyl (C=O) groups is 1. The minimum absolute atomic E-state index is 0.180. The molecule has 0 aromatic carbocycles. The summed E-state index contributed by atoms with van der Waals surface area (Å²) in [6.07, 6.45) is 18.6. The van der Waals surface area contributed by atoms with Crippen molar-refractivity contribution in [2.45, 2.75) is 103 Å². The number of amides is 1. The third-order valence-corrected chi connectivity index (χ3v) is 4.94. The zero-order chi connectivity index (χ0) is 20.0. The molecule has 0 unspecified atom stereocenters.